The van der Waals surface area contributed by atoms with E-state index in [2.05, 4.69) is 4.98 Å². The summed E-state index contributed by atoms with van der Waals surface area (Å²) in [6, 6.07) is 3.31. The molecule has 0 saturated carbocycles. The molecule has 1 amide bonds. The van der Waals surface area contributed by atoms with Gasteiger partial charge in [-0.15, -0.1) is 0 Å². The van der Waals surface area contributed by atoms with Crippen molar-refractivity contribution in [2.45, 2.75) is 33.1 Å². The van der Waals surface area contributed by atoms with Gasteiger partial charge in [0, 0.05) is 24.3 Å². The highest BCUT2D eigenvalue weighted by atomic mass is 35.5. The number of carbonyl (C=O) groups excluding carboxylic acids is 1. The molecular formula is C15H19ClN2O3. The molecule has 2 rings (SSSR count). The number of hydrogen-bond acceptors (Lipinski definition) is 3. The molecule has 0 bridgehead atoms. The predicted molar refractivity (Wildman–Crippen MR) is 79.5 cm³/mol. The van der Waals surface area contributed by atoms with Crippen molar-refractivity contribution in [3.8, 4) is 0 Å². The Balaban J connectivity index is 2.12. The molecule has 0 aromatic carbocycles. The van der Waals surface area contributed by atoms with Crippen LogP contribution in [0, 0.1) is 5.41 Å². The maximum Gasteiger partial charge on any atom is 0.309 e. The Labute approximate surface area is 128 Å². The molecule has 21 heavy (non-hydrogen) atoms. The van der Waals surface area contributed by atoms with Crippen LogP contribution in [0.15, 0.2) is 12.1 Å². The van der Waals surface area contributed by atoms with Crippen LogP contribution in [0.1, 0.15) is 42.7 Å². The third kappa shape index (κ3) is 3.35. The van der Waals surface area contributed by atoms with Crippen molar-refractivity contribution in [2.24, 2.45) is 5.41 Å². The van der Waals surface area contributed by atoms with E-state index in [0.29, 0.717) is 43.1 Å². The maximum atomic E-state index is 12.5. The fourth-order valence-corrected chi connectivity index (χ4v) is 2.68. The highest BCUT2D eigenvalue weighted by Gasteiger charge is 2.38. The van der Waals surface area contributed by atoms with Crippen molar-refractivity contribution in [3.05, 3.63) is 28.5 Å². The van der Waals surface area contributed by atoms with Gasteiger partial charge in [0.05, 0.1) is 5.41 Å². The van der Waals surface area contributed by atoms with Gasteiger partial charge in [-0.05, 0) is 38.3 Å². The third-order valence-corrected chi connectivity index (χ3v) is 4.32. The van der Waals surface area contributed by atoms with E-state index >= 15 is 0 Å². The molecule has 1 aromatic heterocycles. The van der Waals surface area contributed by atoms with E-state index in [1.807, 2.05) is 6.92 Å². The fraction of sp³-hybridized carbons (Fsp3) is 0.533. The second-order valence-electron chi connectivity index (χ2n) is 5.68. The zero-order valence-electron chi connectivity index (χ0n) is 12.2. The average molecular weight is 311 g/mol. The molecule has 114 valence electrons. The summed E-state index contributed by atoms with van der Waals surface area (Å²) < 4.78 is 0. The SMILES string of the molecule is CCc1cc(C(=O)N2CCC(C)(C(=O)O)CC2)cc(Cl)n1. The van der Waals surface area contributed by atoms with Crippen LogP contribution in [-0.2, 0) is 11.2 Å². The molecule has 1 aromatic rings. The fourth-order valence-electron chi connectivity index (χ4n) is 2.46. The minimum absolute atomic E-state index is 0.110. The van der Waals surface area contributed by atoms with Crippen molar-refractivity contribution in [1.29, 1.82) is 0 Å². The average Bonchev–Trinajstić information content (AvgIpc) is 2.46. The first-order valence-corrected chi connectivity index (χ1v) is 7.42. The van der Waals surface area contributed by atoms with Crippen LogP contribution in [0.25, 0.3) is 0 Å². The first kappa shape index (κ1) is 15.8. The van der Waals surface area contributed by atoms with E-state index in [0.717, 1.165) is 5.69 Å². The van der Waals surface area contributed by atoms with Gasteiger partial charge in [0.2, 0.25) is 0 Å². The maximum absolute atomic E-state index is 12.5. The highest BCUT2D eigenvalue weighted by molar-refractivity contribution is 6.29. The van der Waals surface area contributed by atoms with Crippen LogP contribution >= 0.6 is 11.6 Å². The molecule has 0 aliphatic carbocycles. The number of amides is 1. The number of aromatic nitrogens is 1. The molecular weight excluding hydrogens is 292 g/mol. The Morgan fingerprint density at radius 2 is 2.00 bits per heavy atom. The van der Waals surface area contributed by atoms with E-state index in [4.69, 9.17) is 11.6 Å². The molecule has 0 unspecified atom stereocenters. The number of carbonyl (C=O) groups is 2. The summed E-state index contributed by atoms with van der Waals surface area (Å²) in [7, 11) is 0. The summed E-state index contributed by atoms with van der Waals surface area (Å²) in [4.78, 5) is 29.5. The lowest BCUT2D eigenvalue weighted by atomic mass is 9.80. The normalized spacial score (nSPS) is 17.6. The van der Waals surface area contributed by atoms with Crippen LogP contribution in [0.5, 0.6) is 0 Å². The molecule has 1 aliphatic rings. The third-order valence-electron chi connectivity index (χ3n) is 4.13. The lowest BCUT2D eigenvalue weighted by Gasteiger charge is -2.36. The van der Waals surface area contributed by atoms with Gasteiger partial charge < -0.3 is 10.0 Å². The van der Waals surface area contributed by atoms with Gasteiger partial charge in [0.25, 0.3) is 5.91 Å². The molecule has 6 heteroatoms. The quantitative estimate of drug-likeness (QED) is 0.871. The monoisotopic (exact) mass is 310 g/mol. The first-order valence-electron chi connectivity index (χ1n) is 7.05. The number of piperidine rings is 1. The van der Waals surface area contributed by atoms with Crippen LogP contribution < -0.4 is 0 Å². The van der Waals surface area contributed by atoms with Crippen molar-refractivity contribution >= 4 is 23.5 Å². The topological polar surface area (TPSA) is 70.5 Å². The zero-order valence-corrected chi connectivity index (χ0v) is 13.0. The summed E-state index contributed by atoms with van der Waals surface area (Å²) in [6.07, 6.45) is 1.64. The zero-order chi connectivity index (χ0) is 15.6. The standard InChI is InChI=1S/C15H19ClN2O3/c1-3-11-8-10(9-12(16)17-11)13(19)18-6-4-15(2,5-7-18)14(20)21/h8-9H,3-7H2,1-2H3,(H,20,21). The molecule has 1 N–H and O–H groups in total. The Hall–Kier alpha value is -1.62. The summed E-state index contributed by atoms with van der Waals surface area (Å²) in [6.45, 7) is 4.58. The van der Waals surface area contributed by atoms with Crippen molar-refractivity contribution < 1.29 is 14.7 Å². The molecule has 0 radical (unpaired) electrons. The number of halogens is 1. The van der Waals surface area contributed by atoms with Crippen LogP contribution in [0.3, 0.4) is 0 Å². The van der Waals surface area contributed by atoms with Gasteiger partial charge in [0.15, 0.2) is 0 Å². The van der Waals surface area contributed by atoms with E-state index < -0.39 is 11.4 Å². The molecule has 5 nitrogen and oxygen atoms in total. The summed E-state index contributed by atoms with van der Waals surface area (Å²) in [5.74, 6) is -0.906. The van der Waals surface area contributed by atoms with Crippen molar-refractivity contribution in [2.75, 3.05) is 13.1 Å². The van der Waals surface area contributed by atoms with Crippen LogP contribution in [0.2, 0.25) is 5.15 Å². The Bertz CT molecular complexity index is 566. The van der Waals surface area contributed by atoms with Crippen LogP contribution in [-0.4, -0.2) is 40.0 Å². The van der Waals surface area contributed by atoms with Gasteiger partial charge in [-0.3, -0.25) is 9.59 Å². The van der Waals surface area contributed by atoms with Crippen molar-refractivity contribution in [3.63, 3.8) is 0 Å². The van der Waals surface area contributed by atoms with E-state index in [-0.39, 0.29) is 5.91 Å². The minimum atomic E-state index is -0.796. The summed E-state index contributed by atoms with van der Waals surface area (Å²) >= 11 is 5.94. The molecule has 1 saturated heterocycles. The van der Waals surface area contributed by atoms with Gasteiger partial charge >= 0.3 is 5.97 Å². The van der Waals surface area contributed by atoms with E-state index in [1.165, 1.54) is 0 Å². The lowest BCUT2D eigenvalue weighted by Crippen LogP contribution is -2.45. The Kier molecular flexibility index (Phi) is 4.52. The Morgan fingerprint density at radius 1 is 1.38 bits per heavy atom. The number of aliphatic carboxylic acids is 1. The predicted octanol–water partition coefficient (Wildman–Crippen LogP) is 2.62. The van der Waals surface area contributed by atoms with Gasteiger partial charge in [-0.1, -0.05) is 18.5 Å². The van der Waals surface area contributed by atoms with E-state index in [9.17, 15) is 14.7 Å². The van der Waals surface area contributed by atoms with E-state index in [1.54, 1.807) is 24.0 Å². The summed E-state index contributed by atoms with van der Waals surface area (Å²) in [5.41, 5.74) is 0.561. The second-order valence-corrected chi connectivity index (χ2v) is 6.07. The lowest BCUT2D eigenvalue weighted by molar-refractivity contribution is -0.150. The van der Waals surface area contributed by atoms with Gasteiger partial charge in [0.1, 0.15) is 5.15 Å². The number of carboxylic acid groups (broad SMARTS) is 1. The number of nitrogens with zero attached hydrogens (tertiary/aromatic N) is 2. The van der Waals surface area contributed by atoms with Crippen LogP contribution in [0.4, 0.5) is 0 Å². The smallest absolute Gasteiger partial charge is 0.309 e. The Morgan fingerprint density at radius 3 is 2.52 bits per heavy atom. The second kappa shape index (κ2) is 6.02. The number of aryl methyl sites for hydroxylation is 1. The molecule has 0 spiro atoms. The first-order chi connectivity index (χ1) is 9.85. The largest absolute Gasteiger partial charge is 0.481 e. The number of hydrogen-bond donors (Lipinski definition) is 1. The molecule has 2 heterocycles. The van der Waals surface area contributed by atoms with Crippen molar-refractivity contribution in [1.82, 2.24) is 9.88 Å². The van der Waals surface area contributed by atoms with Gasteiger partial charge in [-0.25, -0.2) is 4.98 Å². The minimum Gasteiger partial charge on any atom is -0.481 e. The molecule has 1 aliphatic heterocycles. The number of likely N-dealkylation sites (tertiary alicyclic amines) is 1. The molecule has 0 atom stereocenters. The highest BCUT2D eigenvalue weighted by Crippen LogP contribution is 2.31. The number of carboxylic acids is 1. The number of pyridine rings is 1. The molecule has 1 fully saturated rings. The summed E-state index contributed by atoms with van der Waals surface area (Å²) in [5, 5.41) is 9.53. The van der Waals surface area contributed by atoms with Gasteiger partial charge in [-0.2, -0.15) is 0 Å². The number of rotatable bonds is 3.